The third kappa shape index (κ3) is 8.49. The Kier molecular flexibility index (Phi) is 11.3. The number of rotatable bonds is 11. The first-order chi connectivity index (χ1) is 20.0. The Morgan fingerprint density at radius 1 is 0.929 bits per heavy atom. The highest BCUT2D eigenvalue weighted by atomic mass is 79.9. The molecule has 1 aliphatic carbocycles. The van der Waals surface area contributed by atoms with Gasteiger partial charge in [0.15, 0.2) is 0 Å². The SMILES string of the molecule is CS(=O)(=O)N(CC(=O)N(Cc1c(Cl)cccc1Cl)[C@@H](Cc1ccccc1)C(=O)NC1CCCCC1)c1ccccc1Br. The number of amides is 2. The van der Waals surface area contributed by atoms with Crippen molar-refractivity contribution in [1.29, 1.82) is 0 Å². The lowest BCUT2D eigenvalue weighted by molar-refractivity contribution is -0.140. The third-order valence-electron chi connectivity index (χ3n) is 7.41. The highest BCUT2D eigenvalue weighted by Crippen LogP contribution is 2.30. The van der Waals surface area contributed by atoms with Crippen molar-refractivity contribution in [1.82, 2.24) is 10.2 Å². The molecule has 0 aromatic heterocycles. The van der Waals surface area contributed by atoms with Gasteiger partial charge in [0.2, 0.25) is 21.8 Å². The summed E-state index contributed by atoms with van der Waals surface area (Å²) in [7, 11) is -3.88. The van der Waals surface area contributed by atoms with Crippen LogP contribution in [-0.4, -0.2) is 50.0 Å². The number of nitrogens with zero attached hydrogens (tertiary/aromatic N) is 2. The van der Waals surface area contributed by atoms with Crippen LogP contribution in [0.4, 0.5) is 5.69 Å². The maximum Gasteiger partial charge on any atom is 0.244 e. The van der Waals surface area contributed by atoms with E-state index in [2.05, 4.69) is 21.2 Å². The topological polar surface area (TPSA) is 86.8 Å². The zero-order chi connectivity index (χ0) is 30.3. The molecule has 3 aromatic rings. The van der Waals surface area contributed by atoms with Gasteiger partial charge in [-0.3, -0.25) is 13.9 Å². The molecule has 0 saturated heterocycles. The zero-order valence-electron chi connectivity index (χ0n) is 23.3. The Labute approximate surface area is 266 Å². The van der Waals surface area contributed by atoms with Crippen LogP contribution in [0.2, 0.25) is 10.0 Å². The molecule has 0 spiro atoms. The summed E-state index contributed by atoms with van der Waals surface area (Å²) in [5.41, 5.74) is 1.65. The molecule has 3 aromatic carbocycles. The Bertz CT molecular complexity index is 1480. The highest BCUT2D eigenvalue weighted by molar-refractivity contribution is 9.10. The van der Waals surface area contributed by atoms with Crippen LogP contribution in [0.1, 0.15) is 43.2 Å². The number of benzene rings is 3. The number of sulfonamides is 1. The summed E-state index contributed by atoms with van der Waals surface area (Å²) < 4.78 is 27.5. The molecular weight excluding hydrogens is 661 g/mol. The predicted molar refractivity (Wildman–Crippen MR) is 172 cm³/mol. The van der Waals surface area contributed by atoms with E-state index < -0.39 is 28.5 Å². The molecule has 1 fully saturated rings. The monoisotopic (exact) mass is 693 g/mol. The van der Waals surface area contributed by atoms with E-state index in [-0.39, 0.29) is 24.9 Å². The van der Waals surface area contributed by atoms with Crippen LogP contribution in [0.5, 0.6) is 0 Å². The summed E-state index contributed by atoms with van der Waals surface area (Å²) >= 11 is 16.5. The largest absolute Gasteiger partial charge is 0.352 e. The van der Waals surface area contributed by atoms with Gasteiger partial charge < -0.3 is 10.2 Å². The van der Waals surface area contributed by atoms with Gasteiger partial charge in [0.1, 0.15) is 12.6 Å². The number of nitrogens with one attached hydrogen (secondary N) is 1. The van der Waals surface area contributed by atoms with E-state index in [1.165, 1.54) is 4.90 Å². The van der Waals surface area contributed by atoms with Crippen LogP contribution < -0.4 is 9.62 Å². The summed E-state index contributed by atoms with van der Waals surface area (Å²) in [6.07, 6.45) is 6.21. The molecular formula is C31H34BrCl2N3O4S. The molecule has 1 saturated carbocycles. The van der Waals surface area contributed by atoms with Gasteiger partial charge in [-0.25, -0.2) is 8.42 Å². The number of carbonyl (C=O) groups is 2. The molecule has 2 amide bonds. The number of anilines is 1. The predicted octanol–water partition coefficient (Wildman–Crippen LogP) is 6.61. The molecule has 11 heteroatoms. The fourth-order valence-electron chi connectivity index (χ4n) is 5.20. The minimum atomic E-state index is -3.88. The lowest BCUT2D eigenvalue weighted by Crippen LogP contribution is -2.55. The second kappa shape index (κ2) is 14.7. The average Bonchev–Trinajstić information content (AvgIpc) is 2.96. The van der Waals surface area contributed by atoms with Crippen molar-refractivity contribution in [3.8, 4) is 0 Å². The Balaban J connectivity index is 1.76. The fourth-order valence-corrected chi connectivity index (χ4v) is 7.20. The van der Waals surface area contributed by atoms with Gasteiger partial charge >= 0.3 is 0 Å². The lowest BCUT2D eigenvalue weighted by atomic mass is 9.94. The lowest BCUT2D eigenvalue weighted by Gasteiger charge is -2.35. The maximum absolute atomic E-state index is 14.3. The first-order valence-electron chi connectivity index (χ1n) is 13.8. The number of hydrogen-bond donors (Lipinski definition) is 1. The molecule has 0 unspecified atom stereocenters. The van der Waals surface area contributed by atoms with Crippen molar-refractivity contribution in [2.75, 3.05) is 17.1 Å². The maximum atomic E-state index is 14.3. The van der Waals surface area contributed by atoms with Crippen molar-refractivity contribution in [2.24, 2.45) is 0 Å². The Morgan fingerprint density at radius 2 is 1.55 bits per heavy atom. The van der Waals surface area contributed by atoms with Gasteiger partial charge in [-0.1, -0.05) is 91.0 Å². The van der Waals surface area contributed by atoms with Crippen LogP contribution in [0.25, 0.3) is 0 Å². The second-order valence-electron chi connectivity index (χ2n) is 10.5. The van der Waals surface area contributed by atoms with Crippen LogP contribution in [-0.2, 0) is 32.6 Å². The average molecular weight is 696 g/mol. The van der Waals surface area contributed by atoms with E-state index in [1.54, 1.807) is 42.5 Å². The van der Waals surface area contributed by atoms with E-state index in [9.17, 15) is 18.0 Å². The van der Waals surface area contributed by atoms with Crippen LogP contribution in [0, 0.1) is 0 Å². The number of carbonyl (C=O) groups excluding carboxylic acids is 2. The molecule has 0 heterocycles. The van der Waals surface area contributed by atoms with Gasteiger partial charge in [-0.2, -0.15) is 0 Å². The van der Waals surface area contributed by atoms with Crippen LogP contribution in [0.15, 0.2) is 77.3 Å². The number of para-hydroxylation sites is 1. The van der Waals surface area contributed by atoms with Gasteiger partial charge in [0.05, 0.1) is 11.9 Å². The van der Waals surface area contributed by atoms with Crippen molar-refractivity contribution >= 4 is 66.7 Å². The van der Waals surface area contributed by atoms with E-state index in [4.69, 9.17) is 23.2 Å². The van der Waals surface area contributed by atoms with Gasteiger partial charge in [-0.05, 0) is 58.6 Å². The first-order valence-corrected chi connectivity index (χ1v) is 17.2. The second-order valence-corrected chi connectivity index (χ2v) is 14.1. The van der Waals surface area contributed by atoms with Crippen molar-refractivity contribution in [2.45, 2.75) is 57.2 Å². The molecule has 4 rings (SSSR count). The number of hydrogen-bond acceptors (Lipinski definition) is 4. The van der Waals surface area contributed by atoms with Gasteiger partial charge in [0.25, 0.3) is 0 Å². The van der Waals surface area contributed by atoms with Crippen LogP contribution in [0.3, 0.4) is 0 Å². The van der Waals surface area contributed by atoms with Gasteiger partial charge in [0, 0.05) is 39.1 Å². The first kappa shape index (κ1) is 32.3. The molecule has 1 atom stereocenters. The summed E-state index contributed by atoms with van der Waals surface area (Å²) in [4.78, 5) is 29.7. The normalized spacial score (nSPS) is 14.7. The molecule has 1 aliphatic rings. The zero-order valence-corrected chi connectivity index (χ0v) is 27.2. The fraction of sp³-hybridized carbons (Fsp3) is 0.355. The minimum absolute atomic E-state index is 0.0122. The molecule has 0 aliphatic heterocycles. The third-order valence-corrected chi connectivity index (χ3v) is 9.92. The molecule has 1 N–H and O–H groups in total. The standard InChI is InChI=1S/C31H34BrCl2N3O4S/c1-42(40,41)37(28-18-9-8-15-25(28)32)21-30(38)36(20-24-26(33)16-10-17-27(24)34)29(19-22-11-4-2-5-12-22)31(39)35-23-13-6-3-7-14-23/h2,4-5,8-12,15-18,23,29H,3,6-7,13-14,19-21H2,1H3,(H,35,39)/t29-/m0/s1. The minimum Gasteiger partial charge on any atom is -0.352 e. The summed E-state index contributed by atoms with van der Waals surface area (Å²) in [6.45, 7) is -0.605. The number of halogens is 3. The molecule has 42 heavy (non-hydrogen) atoms. The highest BCUT2D eigenvalue weighted by Gasteiger charge is 2.35. The smallest absolute Gasteiger partial charge is 0.244 e. The van der Waals surface area contributed by atoms with Crippen molar-refractivity contribution in [3.05, 3.63) is 98.4 Å². The Hall–Kier alpha value is -2.59. The van der Waals surface area contributed by atoms with Crippen LogP contribution >= 0.6 is 39.1 Å². The molecule has 7 nitrogen and oxygen atoms in total. The van der Waals surface area contributed by atoms with E-state index >= 15 is 0 Å². The van der Waals surface area contributed by atoms with E-state index in [1.807, 2.05) is 30.3 Å². The summed E-state index contributed by atoms with van der Waals surface area (Å²) in [5, 5.41) is 3.87. The van der Waals surface area contributed by atoms with E-state index in [0.29, 0.717) is 25.8 Å². The molecule has 0 radical (unpaired) electrons. The summed E-state index contributed by atoms with van der Waals surface area (Å²) in [5.74, 6) is -0.860. The molecule has 0 bridgehead atoms. The van der Waals surface area contributed by atoms with Crippen molar-refractivity contribution < 1.29 is 18.0 Å². The Morgan fingerprint density at radius 3 is 2.17 bits per heavy atom. The van der Waals surface area contributed by atoms with Crippen molar-refractivity contribution in [3.63, 3.8) is 0 Å². The quantitative estimate of drug-likeness (QED) is 0.245. The summed E-state index contributed by atoms with van der Waals surface area (Å²) in [6, 6.07) is 20.3. The van der Waals surface area contributed by atoms with E-state index in [0.717, 1.165) is 48.2 Å². The molecule has 224 valence electrons. The van der Waals surface area contributed by atoms with Gasteiger partial charge in [-0.15, -0.1) is 0 Å².